The van der Waals surface area contributed by atoms with E-state index >= 15 is 0 Å². The molecule has 2 heterocycles. The lowest BCUT2D eigenvalue weighted by atomic mass is 9.79. The van der Waals surface area contributed by atoms with Crippen LogP contribution in [0.3, 0.4) is 0 Å². The summed E-state index contributed by atoms with van der Waals surface area (Å²) >= 11 is 0. The molecule has 0 spiro atoms. The molecule has 5 heteroatoms. The van der Waals surface area contributed by atoms with Gasteiger partial charge in [0.2, 0.25) is 0 Å². The van der Waals surface area contributed by atoms with Gasteiger partial charge >= 0.3 is 5.97 Å². The first kappa shape index (κ1) is 25.2. The number of methoxy groups -OCH3 is 1. The fourth-order valence-corrected chi connectivity index (χ4v) is 5.65. The van der Waals surface area contributed by atoms with Gasteiger partial charge in [-0.3, -0.25) is 9.78 Å². The van der Waals surface area contributed by atoms with Gasteiger partial charge in [0.15, 0.2) is 0 Å². The normalized spacial score (nSPS) is 18.6. The number of fused-ring (bicyclic) bond motifs is 1. The number of carboxylic acids is 1. The van der Waals surface area contributed by atoms with Gasteiger partial charge in [0.05, 0.1) is 12.6 Å². The maximum absolute atomic E-state index is 11.6. The summed E-state index contributed by atoms with van der Waals surface area (Å²) in [5.41, 5.74) is 4.98. The summed E-state index contributed by atoms with van der Waals surface area (Å²) in [4.78, 5) is 18.6. The van der Waals surface area contributed by atoms with Crippen LogP contribution in [0.5, 0.6) is 5.75 Å². The van der Waals surface area contributed by atoms with Crippen LogP contribution in [0.1, 0.15) is 48.8 Å². The molecule has 0 saturated carbocycles. The van der Waals surface area contributed by atoms with Gasteiger partial charge < -0.3 is 14.7 Å². The molecule has 4 rings (SSSR count). The van der Waals surface area contributed by atoms with E-state index in [0.717, 1.165) is 74.8 Å². The van der Waals surface area contributed by atoms with Crippen LogP contribution in [-0.4, -0.2) is 47.7 Å². The molecule has 5 nitrogen and oxygen atoms in total. The molecule has 1 N–H and O–H groups in total. The second-order valence-electron chi connectivity index (χ2n) is 10.0. The molecule has 1 fully saturated rings. The van der Waals surface area contributed by atoms with E-state index in [2.05, 4.69) is 53.2 Å². The van der Waals surface area contributed by atoms with E-state index in [1.165, 1.54) is 16.7 Å². The molecule has 2 atom stereocenters. The summed E-state index contributed by atoms with van der Waals surface area (Å²) in [6.45, 7) is 5.16. The quantitative estimate of drug-likeness (QED) is 0.374. The van der Waals surface area contributed by atoms with Crippen molar-refractivity contribution in [2.75, 3.05) is 26.7 Å². The smallest absolute Gasteiger partial charge is 0.303 e. The average molecular weight is 475 g/mol. The maximum Gasteiger partial charge on any atom is 0.303 e. The third-order valence-electron chi connectivity index (χ3n) is 7.49. The van der Waals surface area contributed by atoms with Crippen molar-refractivity contribution in [3.8, 4) is 5.75 Å². The van der Waals surface area contributed by atoms with E-state index in [1.807, 2.05) is 18.3 Å². The molecular formula is C30H38N2O3. The minimum absolute atomic E-state index is 0.231. The summed E-state index contributed by atoms with van der Waals surface area (Å²) in [5, 5.41) is 10.7. The molecule has 0 radical (unpaired) electrons. The summed E-state index contributed by atoms with van der Waals surface area (Å²) in [6.07, 6.45) is 8.55. The van der Waals surface area contributed by atoms with E-state index in [4.69, 9.17) is 4.74 Å². The molecule has 35 heavy (non-hydrogen) atoms. The van der Waals surface area contributed by atoms with Crippen LogP contribution in [-0.2, 0) is 17.6 Å². The minimum Gasteiger partial charge on any atom is -0.497 e. The monoisotopic (exact) mass is 474 g/mol. The topological polar surface area (TPSA) is 62.7 Å². The number of ether oxygens (including phenoxy) is 1. The first-order valence-corrected chi connectivity index (χ1v) is 12.9. The zero-order valence-electron chi connectivity index (χ0n) is 21.1. The van der Waals surface area contributed by atoms with Crippen LogP contribution in [0.2, 0.25) is 0 Å². The van der Waals surface area contributed by atoms with Gasteiger partial charge in [-0.25, -0.2) is 0 Å². The molecule has 186 valence electrons. The lowest BCUT2D eigenvalue weighted by molar-refractivity contribution is -0.139. The van der Waals surface area contributed by atoms with Gasteiger partial charge in [-0.1, -0.05) is 29.8 Å². The van der Waals surface area contributed by atoms with E-state index < -0.39 is 5.97 Å². The molecule has 2 aromatic carbocycles. The number of pyridine rings is 1. The zero-order valence-corrected chi connectivity index (χ0v) is 21.1. The van der Waals surface area contributed by atoms with Gasteiger partial charge in [0, 0.05) is 24.5 Å². The second kappa shape index (κ2) is 12.2. The fraction of sp³-hybridized carbons (Fsp3) is 0.467. The number of nitrogens with zero attached hydrogens (tertiary/aromatic N) is 2. The Balaban J connectivity index is 1.30. The van der Waals surface area contributed by atoms with E-state index in [0.29, 0.717) is 5.92 Å². The largest absolute Gasteiger partial charge is 0.497 e. The SMILES string of the molecule is COc1ccc2nccc(CCC[C@@H]3CCN(CCCc4cccc(C)c4)C[C@@H]3CC(=O)O)c2c1. The Morgan fingerprint density at radius 1 is 1.11 bits per heavy atom. The van der Waals surface area contributed by atoms with Crippen molar-refractivity contribution in [2.45, 2.75) is 51.9 Å². The van der Waals surface area contributed by atoms with Crippen LogP contribution in [0.4, 0.5) is 0 Å². The van der Waals surface area contributed by atoms with Crippen molar-refractivity contribution in [1.82, 2.24) is 9.88 Å². The molecule has 1 saturated heterocycles. The van der Waals surface area contributed by atoms with Crippen molar-refractivity contribution < 1.29 is 14.6 Å². The van der Waals surface area contributed by atoms with Crippen molar-refractivity contribution in [3.63, 3.8) is 0 Å². The lowest BCUT2D eigenvalue weighted by Crippen LogP contribution is -2.41. The standard InChI is InChI=1S/C30H38N2O3/c1-22-6-3-7-23(18-22)8-5-16-32-17-14-24(26(21-32)19-30(33)34)9-4-10-25-13-15-31-29-12-11-27(35-2)20-28(25)29/h3,6-7,11-13,15,18,20,24,26H,4-5,8-10,14,16-17,19,21H2,1-2H3,(H,33,34)/t24-,26+/m1/s1. The van der Waals surface area contributed by atoms with Crippen LogP contribution >= 0.6 is 0 Å². The van der Waals surface area contributed by atoms with Gasteiger partial charge in [-0.2, -0.15) is 0 Å². The highest BCUT2D eigenvalue weighted by Gasteiger charge is 2.30. The first-order valence-electron chi connectivity index (χ1n) is 12.9. The Bertz CT molecular complexity index is 1130. The molecule has 1 aliphatic rings. The highest BCUT2D eigenvalue weighted by molar-refractivity contribution is 5.83. The molecule has 0 bridgehead atoms. The second-order valence-corrected chi connectivity index (χ2v) is 10.0. The molecule has 0 unspecified atom stereocenters. The Morgan fingerprint density at radius 3 is 2.80 bits per heavy atom. The van der Waals surface area contributed by atoms with Gasteiger partial charge in [-0.15, -0.1) is 0 Å². The van der Waals surface area contributed by atoms with E-state index in [1.54, 1.807) is 7.11 Å². The highest BCUT2D eigenvalue weighted by Crippen LogP contribution is 2.32. The summed E-state index contributed by atoms with van der Waals surface area (Å²) in [6, 6.07) is 16.9. The molecule has 3 aromatic rings. The number of hydrogen-bond acceptors (Lipinski definition) is 4. The van der Waals surface area contributed by atoms with Gasteiger partial charge in [0.25, 0.3) is 0 Å². The molecular weight excluding hydrogens is 436 g/mol. The van der Waals surface area contributed by atoms with Crippen LogP contribution in [0.15, 0.2) is 54.7 Å². The van der Waals surface area contributed by atoms with Crippen LogP contribution in [0.25, 0.3) is 10.9 Å². The number of benzene rings is 2. The highest BCUT2D eigenvalue weighted by atomic mass is 16.5. The third-order valence-corrected chi connectivity index (χ3v) is 7.49. The summed E-state index contributed by atoms with van der Waals surface area (Å²) in [5.74, 6) is 0.883. The lowest BCUT2D eigenvalue weighted by Gasteiger charge is -2.38. The van der Waals surface area contributed by atoms with Crippen molar-refractivity contribution in [2.24, 2.45) is 11.8 Å². The fourth-order valence-electron chi connectivity index (χ4n) is 5.65. The van der Waals surface area contributed by atoms with Gasteiger partial charge in [0.1, 0.15) is 5.75 Å². The molecule has 1 aliphatic heterocycles. The number of aryl methyl sites for hydroxylation is 3. The Kier molecular flexibility index (Phi) is 8.75. The van der Waals surface area contributed by atoms with Crippen molar-refractivity contribution >= 4 is 16.9 Å². The minimum atomic E-state index is -0.672. The number of likely N-dealkylation sites (tertiary alicyclic amines) is 1. The van der Waals surface area contributed by atoms with Crippen LogP contribution < -0.4 is 4.74 Å². The molecule has 0 aliphatic carbocycles. The maximum atomic E-state index is 11.6. The van der Waals surface area contributed by atoms with E-state index in [9.17, 15) is 9.90 Å². The molecule has 1 aromatic heterocycles. The number of aromatic nitrogens is 1. The molecule has 0 amide bonds. The number of aliphatic carboxylic acids is 1. The van der Waals surface area contributed by atoms with Crippen LogP contribution in [0, 0.1) is 18.8 Å². The number of carbonyl (C=O) groups is 1. The third kappa shape index (κ3) is 7.04. The van der Waals surface area contributed by atoms with Crippen molar-refractivity contribution in [3.05, 3.63) is 71.4 Å². The van der Waals surface area contributed by atoms with Gasteiger partial charge in [-0.05, 0) is 106 Å². The summed E-state index contributed by atoms with van der Waals surface area (Å²) in [7, 11) is 1.69. The number of piperidine rings is 1. The number of rotatable bonds is 11. The zero-order chi connectivity index (χ0) is 24.6. The number of carboxylic acid groups (broad SMARTS) is 1. The van der Waals surface area contributed by atoms with E-state index in [-0.39, 0.29) is 12.3 Å². The Morgan fingerprint density at radius 2 is 2.00 bits per heavy atom. The number of hydrogen-bond donors (Lipinski definition) is 1. The predicted molar refractivity (Wildman–Crippen MR) is 141 cm³/mol. The average Bonchev–Trinajstić information content (AvgIpc) is 2.85. The Labute approximate surface area is 209 Å². The Hall–Kier alpha value is -2.92. The first-order chi connectivity index (χ1) is 17.0. The predicted octanol–water partition coefficient (Wildman–Crippen LogP) is 5.92. The van der Waals surface area contributed by atoms with Crippen molar-refractivity contribution in [1.29, 1.82) is 0 Å². The summed E-state index contributed by atoms with van der Waals surface area (Å²) < 4.78 is 5.41.